The largest absolute Gasteiger partial charge is 0.454 e. The normalized spacial score (nSPS) is 17.1. The maximum Gasteiger partial charge on any atom is 0.338 e. The van der Waals surface area contributed by atoms with Gasteiger partial charge < -0.3 is 10.5 Å². The van der Waals surface area contributed by atoms with Crippen LogP contribution in [0.2, 0.25) is 5.02 Å². The third-order valence-corrected chi connectivity index (χ3v) is 4.14. The van der Waals surface area contributed by atoms with Gasteiger partial charge in [0.25, 0.3) is 0 Å². The highest BCUT2D eigenvalue weighted by molar-refractivity contribution is 6.33. The van der Waals surface area contributed by atoms with Gasteiger partial charge in [-0.3, -0.25) is 0 Å². The molecule has 0 spiro atoms. The quantitative estimate of drug-likeness (QED) is 0.669. The van der Waals surface area contributed by atoms with Crippen molar-refractivity contribution in [2.24, 2.45) is 0 Å². The average Bonchev–Trinajstić information content (AvgIpc) is 2.50. The Morgan fingerprint density at radius 2 is 2.05 bits per heavy atom. The molecule has 1 atom stereocenters. The number of carbonyl (C=O) groups excluding carboxylic acids is 1. The Balaban J connectivity index is 1.81. The van der Waals surface area contributed by atoms with Crippen molar-refractivity contribution < 1.29 is 9.53 Å². The van der Waals surface area contributed by atoms with E-state index in [0.717, 1.165) is 24.8 Å². The van der Waals surface area contributed by atoms with Gasteiger partial charge in [-0.2, -0.15) is 0 Å². The van der Waals surface area contributed by atoms with E-state index >= 15 is 0 Å². The summed E-state index contributed by atoms with van der Waals surface area (Å²) in [5.41, 5.74) is 8.91. The number of esters is 1. The van der Waals surface area contributed by atoms with E-state index in [9.17, 15) is 4.79 Å². The van der Waals surface area contributed by atoms with Crippen LogP contribution in [0.1, 0.15) is 40.4 Å². The molecule has 0 amide bonds. The number of nitrogen functional groups attached to an aromatic ring is 1. The molecule has 0 fully saturated rings. The fourth-order valence-electron chi connectivity index (χ4n) is 2.70. The number of hydrogen-bond donors (Lipinski definition) is 1. The van der Waals surface area contributed by atoms with E-state index in [1.165, 1.54) is 5.56 Å². The minimum atomic E-state index is -0.361. The molecule has 1 aliphatic rings. The molecule has 0 bridgehead atoms. The number of anilines is 1. The van der Waals surface area contributed by atoms with Gasteiger partial charge in [0.2, 0.25) is 0 Å². The SMILES string of the molecule is Nc1cc(C(=O)OC2CCCc3ccccc32)ccc1Cl. The minimum absolute atomic E-state index is 0.181. The van der Waals surface area contributed by atoms with Crippen LogP contribution in [0.25, 0.3) is 0 Å². The van der Waals surface area contributed by atoms with Crippen LogP contribution in [0.3, 0.4) is 0 Å². The van der Waals surface area contributed by atoms with Gasteiger partial charge in [0, 0.05) is 0 Å². The first-order valence-corrected chi connectivity index (χ1v) is 7.37. The van der Waals surface area contributed by atoms with E-state index in [1.807, 2.05) is 18.2 Å². The molecule has 0 saturated heterocycles. The summed E-state index contributed by atoms with van der Waals surface area (Å²) in [6.07, 6.45) is 2.74. The molecular weight excluding hydrogens is 286 g/mol. The Kier molecular flexibility index (Phi) is 3.84. The zero-order valence-corrected chi connectivity index (χ0v) is 12.3. The second-order valence-electron chi connectivity index (χ2n) is 5.22. The van der Waals surface area contributed by atoms with Crippen LogP contribution in [-0.4, -0.2) is 5.97 Å². The molecule has 0 radical (unpaired) electrons. The Labute approximate surface area is 128 Å². The smallest absolute Gasteiger partial charge is 0.338 e. The molecule has 108 valence electrons. The fraction of sp³-hybridized carbons (Fsp3) is 0.235. The highest BCUT2D eigenvalue weighted by Crippen LogP contribution is 2.33. The van der Waals surface area contributed by atoms with E-state index in [4.69, 9.17) is 22.1 Å². The van der Waals surface area contributed by atoms with Gasteiger partial charge in [-0.15, -0.1) is 0 Å². The molecule has 2 N–H and O–H groups in total. The number of fused-ring (bicyclic) bond motifs is 1. The standard InChI is InChI=1S/C17H16ClNO2/c18-14-9-8-12(10-15(14)19)17(20)21-16-7-3-5-11-4-1-2-6-13(11)16/h1-2,4,6,8-10,16H,3,5,7,19H2. The Morgan fingerprint density at radius 1 is 1.24 bits per heavy atom. The predicted molar refractivity (Wildman–Crippen MR) is 83.4 cm³/mol. The summed E-state index contributed by atoms with van der Waals surface area (Å²) in [4.78, 5) is 12.3. The maximum absolute atomic E-state index is 12.3. The van der Waals surface area contributed by atoms with E-state index in [0.29, 0.717) is 16.3 Å². The number of aryl methyl sites for hydroxylation is 1. The van der Waals surface area contributed by atoms with Crippen LogP contribution in [0, 0.1) is 0 Å². The van der Waals surface area contributed by atoms with Crippen molar-refractivity contribution in [1.82, 2.24) is 0 Å². The van der Waals surface area contributed by atoms with Crippen molar-refractivity contribution in [2.75, 3.05) is 5.73 Å². The number of halogens is 1. The van der Waals surface area contributed by atoms with Gasteiger partial charge in [-0.25, -0.2) is 4.79 Å². The molecule has 21 heavy (non-hydrogen) atoms. The van der Waals surface area contributed by atoms with E-state index in [1.54, 1.807) is 18.2 Å². The van der Waals surface area contributed by atoms with Crippen LogP contribution < -0.4 is 5.73 Å². The van der Waals surface area contributed by atoms with Gasteiger partial charge in [0.05, 0.1) is 16.3 Å². The van der Waals surface area contributed by atoms with Crippen LogP contribution >= 0.6 is 11.6 Å². The summed E-state index contributed by atoms with van der Waals surface area (Å²) in [5, 5.41) is 0.439. The van der Waals surface area contributed by atoms with E-state index in [2.05, 4.69) is 6.07 Å². The first-order chi connectivity index (χ1) is 10.1. The molecule has 0 saturated carbocycles. The monoisotopic (exact) mass is 301 g/mol. The number of carbonyl (C=O) groups is 1. The summed E-state index contributed by atoms with van der Waals surface area (Å²) in [5.74, 6) is -0.361. The van der Waals surface area contributed by atoms with Crippen molar-refractivity contribution in [3.8, 4) is 0 Å². The first kappa shape index (κ1) is 14.0. The van der Waals surface area contributed by atoms with Crippen molar-refractivity contribution in [2.45, 2.75) is 25.4 Å². The van der Waals surface area contributed by atoms with Gasteiger partial charge in [0.1, 0.15) is 6.10 Å². The first-order valence-electron chi connectivity index (χ1n) is 6.99. The van der Waals surface area contributed by atoms with Gasteiger partial charge in [-0.1, -0.05) is 35.9 Å². The zero-order valence-electron chi connectivity index (χ0n) is 11.5. The highest BCUT2D eigenvalue weighted by atomic mass is 35.5. The van der Waals surface area contributed by atoms with Crippen LogP contribution in [-0.2, 0) is 11.2 Å². The average molecular weight is 302 g/mol. The highest BCUT2D eigenvalue weighted by Gasteiger charge is 2.23. The van der Waals surface area contributed by atoms with Crippen LogP contribution in [0.4, 0.5) is 5.69 Å². The number of benzene rings is 2. The van der Waals surface area contributed by atoms with Gasteiger partial charge in [0.15, 0.2) is 0 Å². The van der Waals surface area contributed by atoms with Crippen LogP contribution in [0.15, 0.2) is 42.5 Å². The molecule has 3 nitrogen and oxygen atoms in total. The van der Waals surface area contributed by atoms with E-state index < -0.39 is 0 Å². The molecule has 4 heteroatoms. The summed E-state index contributed by atoms with van der Waals surface area (Å²) in [6, 6.07) is 12.9. The Morgan fingerprint density at radius 3 is 2.86 bits per heavy atom. The summed E-state index contributed by atoms with van der Waals surface area (Å²) >= 11 is 5.87. The second-order valence-corrected chi connectivity index (χ2v) is 5.63. The lowest BCUT2D eigenvalue weighted by atomic mass is 9.89. The molecule has 0 heterocycles. The summed E-state index contributed by atoms with van der Waals surface area (Å²) in [6.45, 7) is 0. The van der Waals surface area contributed by atoms with Crippen molar-refractivity contribution in [3.63, 3.8) is 0 Å². The van der Waals surface area contributed by atoms with Crippen molar-refractivity contribution in [1.29, 1.82) is 0 Å². The lowest BCUT2D eigenvalue weighted by Crippen LogP contribution is -2.17. The number of nitrogens with two attached hydrogens (primary N) is 1. The zero-order chi connectivity index (χ0) is 14.8. The number of rotatable bonds is 2. The van der Waals surface area contributed by atoms with Gasteiger partial charge in [-0.05, 0) is 48.6 Å². The lowest BCUT2D eigenvalue weighted by molar-refractivity contribution is 0.0256. The predicted octanol–water partition coefficient (Wildman–Crippen LogP) is 4.16. The number of ether oxygens (including phenoxy) is 1. The maximum atomic E-state index is 12.3. The lowest BCUT2D eigenvalue weighted by Gasteiger charge is -2.25. The Bertz CT molecular complexity index is 684. The summed E-state index contributed by atoms with van der Waals surface area (Å²) < 4.78 is 5.66. The van der Waals surface area contributed by atoms with Crippen molar-refractivity contribution in [3.05, 3.63) is 64.2 Å². The third kappa shape index (κ3) is 2.88. The fourth-order valence-corrected chi connectivity index (χ4v) is 2.82. The molecule has 0 aromatic heterocycles. The van der Waals surface area contributed by atoms with E-state index in [-0.39, 0.29) is 12.1 Å². The van der Waals surface area contributed by atoms with Crippen LogP contribution in [0.5, 0.6) is 0 Å². The minimum Gasteiger partial charge on any atom is -0.454 e. The van der Waals surface area contributed by atoms with Crippen molar-refractivity contribution >= 4 is 23.3 Å². The summed E-state index contributed by atoms with van der Waals surface area (Å²) in [7, 11) is 0. The third-order valence-electron chi connectivity index (χ3n) is 3.80. The molecule has 1 aliphatic carbocycles. The Hall–Kier alpha value is -2.00. The molecule has 0 aliphatic heterocycles. The number of hydrogen-bond acceptors (Lipinski definition) is 3. The molecule has 3 rings (SSSR count). The molecule has 1 unspecified atom stereocenters. The molecule has 2 aromatic carbocycles. The molecule has 2 aromatic rings. The topological polar surface area (TPSA) is 52.3 Å². The molecular formula is C17H16ClNO2. The second kappa shape index (κ2) is 5.78. The van der Waals surface area contributed by atoms with Gasteiger partial charge >= 0.3 is 5.97 Å².